The lowest BCUT2D eigenvalue weighted by atomic mass is 9.91. The topological polar surface area (TPSA) is 53.2 Å². The maximum Gasteiger partial charge on any atom is 0.573 e. The Labute approximate surface area is 154 Å². The normalized spacial score (nSPS) is 14.5. The molecule has 2 N–H and O–H groups in total. The molecule has 3 aromatic rings. The van der Waals surface area contributed by atoms with E-state index in [1.165, 1.54) is 35.4 Å². The van der Waals surface area contributed by atoms with E-state index < -0.39 is 6.36 Å². The molecule has 4 rings (SSSR count). The van der Waals surface area contributed by atoms with Gasteiger partial charge in [0.1, 0.15) is 5.75 Å². The van der Waals surface area contributed by atoms with Crippen LogP contribution in [0.1, 0.15) is 29.7 Å². The van der Waals surface area contributed by atoms with Gasteiger partial charge in [-0.1, -0.05) is 0 Å². The zero-order valence-electron chi connectivity index (χ0n) is 14.4. The highest BCUT2D eigenvalue weighted by Crippen LogP contribution is 2.33. The number of aliphatic imine (C=N–C) groups is 1. The van der Waals surface area contributed by atoms with Crippen LogP contribution in [0, 0.1) is 0 Å². The number of benzene rings is 1. The Bertz CT molecular complexity index is 938. The molecule has 0 aliphatic heterocycles. The zero-order chi connectivity index (χ0) is 18.9. The molecule has 0 fully saturated rings. The first-order valence-electron chi connectivity index (χ1n) is 8.77. The van der Waals surface area contributed by atoms with E-state index in [1.54, 1.807) is 6.21 Å². The number of fused-ring (bicyclic) bond motifs is 1. The molecule has 7 heteroatoms. The molecule has 27 heavy (non-hydrogen) atoms. The SMILES string of the molecule is FC(F)(F)Oc1ccc(N=Cc2[nH]c(-c3ccc[nH]3)c3c2CCCC3)cc1. The highest BCUT2D eigenvalue weighted by atomic mass is 19.4. The quantitative estimate of drug-likeness (QED) is 0.580. The van der Waals surface area contributed by atoms with Gasteiger partial charge >= 0.3 is 6.36 Å². The van der Waals surface area contributed by atoms with Gasteiger partial charge in [0.15, 0.2) is 0 Å². The number of aromatic amines is 2. The first kappa shape index (κ1) is 17.5. The second-order valence-electron chi connectivity index (χ2n) is 6.46. The molecule has 0 unspecified atom stereocenters. The molecule has 0 radical (unpaired) electrons. The van der Waals surface area contributed by atoms with E-state index in [4.69, 9.17) is 0 Å². The minimum Gasteiger partial charge on any atom is -0.406 e. The average Bonchev–Trinajstić information content (AvgIpc) is 3.28. The molecule has 0 amide bonds. The molecule has 2 heterocycles. The molecule has 4 nitrogen and oxygen atoms in total. The van der Waals surface area contributed by atoms with Gasteiger partial charge in [0, 0.05) is 6.20 Å². The Morgan fingerprint density at radius 3 is 2.41 bits per heavy atom. The Hall–Kier alpha value is -2.96. The minimum atomic E-state index is -4.69. The van der Waals surface area contributed by atoms with Crippen molar-refractivity contribution in [2.75, 3.05) is 0 Å². The van der Waals surface area contributed by atoms with Crippen molar-refractivity contribution in [1.82, 2.24) is 9.97 Å². The lowest BCUT2D eigenvalue weighted by Crippen LogP contribution is -2.16. The summed E-state index contributed by atoms with van der Waals surface area (Å²) in [7, 11) is 0. The van der Waals surface area contributed by atoms with Crippen LogP contribution in [0.3, 0.4) is 0 Å². The van der Waals surface area contributed by atoms with Gasteiger partial charge in [-0.2, -0.15) is 0 Å². The van der Waals surface area contributed by atoms with E-state index in [0.29, 0.717) is 5.69 Å². The van der Waals surface area contributed by atoms with Crippen LogP contribution >= 0.6 is 0 Å². The van der Waals surface area contributed by atoms with Crippen molar-refractivity contribution < 1.29 is 17.9 Å². The Morgan fingerprint density at radius 2 is 1.74 bits per heavy atom. The predicted molar refractivity (Wildman–Crippen MR) is 97.6 cm³/mol. The van der Waals surface area contributed by atoms with Crippen LogP contribution in [-0.4, -0.2) is 22.5 Å². The van der Waals surface area contributed by atoms with Crippen LogP contribution in [0.4, 0.5) is 18.9 Å². The molecule has 1 aliphatic rings. The number of aromatic nitrogens is 2. The molecule has 0 atom stereocenters. The molecule has 0 spiro atoms. The molecule has 0 saturated carbocycles. The molecule has 1 aromatic carbocycles. The van der Waals surface area contributed by atoms with E-state index >= 15 is 0 Å². The van der Waals surface area contributed by atoms with Crippen molar-refractivity contribution in [2.45, 2.75) is 32.0 Å². The summed E-state index contributed by atoms with van der Waals surface area (Å²) in [5.74, 6) is -0.257. The predicted octanol–water partition coefficient (Wildman–Crippen LogP) is 5.54. The third-order valence-electron chi connectivity index (χ3n) is 4.63. The van der Waals surface area contributed by atoms with Crippen molar-refractivity contribution in [3.63, 3.8) is 0 Å². The molecular weight excluding hydrogens is 355 g/mol. The summed E-state index contributed by atoms with van der Waals surface area (Å²) in [4.78, 5) is 11.1. The van der Waals surface area contributed by atoms with Crippen LogP contribution in [0.25, 0.3) is 11.4 Å². The van der Waals surface area contributed by atoms with Crippen LogP contribution in [0.2, 0.25) is 0 Å². The highest BCUT2D eigenvalue weighted by molar-refractivity contribution is 5.85. The Balaban J connectivity index is 1.59. The molecule has 0 saturated heterocycles. The molecule has 140 valence electrons. The van der Waals surface area contributed by atoms with Gasteiger partial charge in [-0.05, 0) is 73.2 Å². The van der Waals surface area contributed by atoms with Crippen molar-refractivity contribution in [3.05, 3.63) is 59.4 Å². The fraction of sp³-hybridized carbons (Fsp3) is 0.250. The summed E-state index contributed by atoms with van der Waals surface area (Å²) in [5.41, 5.74) is 6.23. The Morgan fingerprint density at radius 1 is 1.00 bits per heavy atom. The second kappa shape index (κ2) is 6.98. The van der Waals surface area contributed by atoms with Crippen molar-refractivity contribution in [1.29, 1.82) is 0 Å². The zero-order valence-corrected chi connectivity index (χ0v) is 14.4. The summed E-state index contributed by atoms with van der Waals surface area (Å²) in [6.45, 7) is 0. The lowest BCUT2D eigenvalue weighted by molar-refractivity contribution is -0.274. The summed E-state index contributed by atoms with van der Waals surface area (Å²) in [5, 5.41) is 0. The molecule has 1 aliphatic carbocycles. The third-order valence-corrected chi connectivity index (χ3v) is 4.63. The van der Waals surface area contributed by atoms with Gasteiger partial charge < -0.3 is 14.7 Å². The van der Waals surface area contributed by atoms with E-state index in [9.17, 15) is 13.2 Å². The Kier molecular flexibility index (Phi) is 4.51. The maximum atomic E-state index is 12.2. The number of hydrogen-bond donors (Lipinski definition) is 2. The van der Waals surface area contributed by atoms with Gasteiger partial charge in [0.05, 0.1) is 29.0 Å². The number of ether oxygens (including phenoxy) is 1. The van der Waals surface area contributed by atoms with Crippen LogP contribution in [0.5, 0.6) is 5.75 Å². The average molecular weight is 373 g/mol. The molecule has 2 aromatic heterocycles. The fourth-order valence-electron chi connectivity index (χ4n) is 3.46. The number of H-pyrrole nitrogens is 2. The summed E-state index contributed by atoms with van der Waals surface area (Å²) < 4.78 is 40.6. The first-order valence-corrected chi connectivity index (χ1v) is 8.77. The third kappa shape index (κ3) is 3.92. The number of rotatable bonds is 4. The van der Waals surface area contributed by atoms with Gasteiger partial charge in [-0.3, -0.25) is 4.99 Å². The van der Waals surface area contributed by atoms with Gasteiger partial charge in [0.2, 0.25) is 0 Å². The van der Waals surface area contributed by atoms with Gasteiger partial charge in [-0.15, -0.1) is 13.2 Å². The number of hydrogen-bond acceptors (Lipinski definition) is 2. The van der Waals surface area contributed by atoms with Gasteiger partial charge in [0.25, 0.3) is 0 Å². The van der Waals surface area contributed by atoms with Gasteiger partial charge in [-0.25, -0.2) is 0 Å². The number of halogens is 3. The standard InChI is InChI=1S/C20H18F3N3O/c21-20(22,23)27-14-9-7-13(8-10-14)25-12-18-15-4-1-2-5-16(15)19(26-18)17-6-3-11-24-17/h3,6-12,24,26H,1-2,4-5H2. The highest BCUT2D eigenvalue weighted by Gasteiger charge is 2.30. The van der Waals surface area contributed by atoms with Crippen LogP contribution in [0.15, 0.2) is 47.6 Å². The summed E-state index contributed by atoms with van der Waals surface area (Å²) in [6.07, 6.45) is 3.27. The van der Waals surface area contributed by atoms with Crippen molar-refractivity contribution in [3.8, 4) is 17.1 Å². The maximum absolute atomic E-state index is 12.2. The molecule has 0 bridgehead atoms. The van der Waals surface area contributed by atoms with Crippen LogP contribution < -0.4 is 4.74 Å². The summed E-state index contributed by atoms with van der Waals surface area (Å²) >= 11 is 0. The van der Waals surface area contributed by atoms with E-state index in [1.807, 2.05) is 18.3 Å². The first-order chi connectivity index (χ1) is 13.0. The number of alkyl halides is 3. The van der Waals surface area contributed by atoms with Crippen molar-refractivity contribution in [2.24, 2.45) is 4.99 Å². The largest absolute Gasteiger partial charge is 0.573 e. The lowest BCUT2D eigenvalue weighted by Gasteiger charge is -2.12. The van der Waals surface area contributed by atoms with Crippen LogP contribution in [-0.2, 0) is 12.8 Å². The minimum absolute atomic E-state index is 0.257. The number of nitrogens with one attached hydrogen (secondary N) is 2. The van der Waals surface area contributed by atoms with Crippen molar-refractivity contribution >= 4 is 11.9 Å². The van der Waals surface area contributed by atoms with E-state index in [2.05, 4.69) is 19.7 Å². The second-order valence-corrected chi connectivity index (χ2v) is 6.46. The fourth-order valence-corrected chi connectivity index (χ4v) is 3.46. The van der Waals surface area contributed by atoms with E-state index in [-0.39, 0.29) is 5.75 Å². The van der Waals surface area contributed by atoms with E-state index in [0.717, 1.165) is 42.8 Å². The smallest absolute Gasteiger partial charge is 0.406 e. The summed E-state index contributed by atoms with van der Waals surface area (Å²) in [6, 6.07) is 9.51. The monoisotopic (exact) mass is 373 g/mol. The molecular formula is C20H18F3N3O. The number of nitrogens with zero attached hydrogens (tertiary/aromatic N) is 1.